The summed E-state index contributed by atoms with van der Waals surface area (Å²) in [5, 5.41) is 5.92. The van der Waals surface area contributed by atoms with E-state index in [4.69, 9.17) is 11.6 Å². The van der Waals surface area contributed by atoms with Gasteiger partial charge in [0.1, 0.15) is 11.9 Å². The lowest BCUT2D eigenvalue weighted by Gasteiger charge is -2.22. The Labute approximate surface area is 176 Å². The molecule has 2 N–H and O–H groups in total. The van der Waals surface area contributed by atoms with Crippen LogP contribution >= 0.6 is 11.6 Å². The number of halogens is 1. The van der Waals surface area contributed by atoms with Gasteiger partial charge in [0.25, 0.3) is 5.91 Å². The number of benzene rings is 1. The Morgan fingerprint density at radius 1 is 1.14 bits per heavy atom. The third-order valence-electron chi connectivity index (χ3n) is 5.07. The summed E-state index contributed by atoms with van der Waals surface area (Å²) >= 11 is 6.04. The second kappa shape index (κ2) is 10.3. The van der Waals surface area contributed by atoms with Crippen molar-refractivity contribution in [1.29, 1.82) is 0 Å². The highest BCUT2D eigenvalue weighted by Crippen LogP contribution is 2.18. The van der Waals surface area contributed by atoms with Gasteiger partial charge in [0.2, 0.25) is 5.91 Å². The Hall–Kier alpha value is -2.60. The van der Waals surface area contributed by atoms with Crippen LogP contribution in [0, 0.1) is 0 Å². The van der Waals surface area contributed by atoms with Gasteiger partial charge in [-0.1, -0.05) is 36.6 Å². The molecular weight excluding hydrogens is 388 g/mol. The lowest BCUT2D eigenvalue weighted by atomic mass is 10.2. The minimum absolute atomic E-state index is 0.251. The van der Waals surface area contributed by atoms with E-state index in [1.165, 1.54) is 25.7 Å². The number of pyridine rings is 1. The molecule has 1 aliphatic heterocycles. The quantitative estimate of drug-likeness (QED) is 0.758. The zero-order chi connectivity index (χ0) is 20.6. The van der Waals surface area contributed by atoms with Crippen LogP contribution in [0.2, 0.25) is 5.02 Å². The van der Waals surface area contributed by atoms with Gasteiger partial charge in [0, 0.05) is 25.8 Å². The van der Waals surface area contributed by atoms with Crippen LogP contribution in [0.3, 0.4) is 0 Å². The van der Waals surface area contributed by atoms with Crippen LogP contribution in [-0.4, -0.2) is 35.9 Å². The van der Waals surface area contributed by atoms with Gasteiger partial charge < -0.3 is 15.5 Å². The summed E-state index contributed by atoms with van der Waals surface area (Å²) in [4.78, 5) is 31.5. The SMILES string of the molecule is CC(NC(=O)c1ccccc1Cl)C(=O)NCc1ccnc(N2CCCCCC2)c1. The zero-order valence-corrected chi connectivity index (χ0v) is 17.4. The van der Waals surface area contributed by atoms with E-state index in [0.29, 0.717) is 17.1 Å². The number of nitrogens with zero attached hydrogens (tertiary/aromatic N) is 2. The summed E-state index contributed by atoms with van der Waals surface area (Å²) in [7, 11) is 0. The molecule has 1 fully saturated rings. The fraction of sp³-hybridized carbons (Fsp3) is 0.409. The first-order valence-corrected chi connectivity index (χ1v) is 10.5. The number of amides is 2. The fourth-order valence-electron chi connectivity index (χ4n) is 3.37. The highest BCUT2D eigenvalue weighted by atomic mass is 35.5. The van der Waals surface area contributed by atoms with Gasteiger partial charge in [0.05, 0.1) is 10.6 Å². The third-order valence-corrected chi connectivity index (χ3v) is 5.40. The maximum absolute atomic E-state index is 12.4. The standard InChI is InChI=1S/C22H27ClN4O2/c1-16(26-22(29)18-8-4-5-9-19(18)23)21(28)25-15-17-10-11-24-20(14-17)27-12-6-2-3-7-13-27/h4-5,8-11,14,16H,2-3,6-7,12-13,15H2,1H3,(H,25,28)(H,26,29). The van der Waals surface area contributed by atoms with Crippen molar-refractivity contribution in [3.05, 3.63) is 58.7 Å². The molecule has 0 aliphatic carbocycles. The van der Waals surface area contributed by atoms with Gasteiger partial charge in [-0.2, -0.15) is 0 Å². The molecule has 1 aromatic carbocycles. The van der Waals surface area contributed by atoms with E-state index >= 15 is 0 Å². The van der Waals surface area contributed by atoms with E-state index in [-0.39, 0.29) is 11.8 Å². The van der Waals surface area contributed by atoms with Crippen molar-refractivity contribution in [2.24, 2.45) is 0 Å². The predicted octanol–water partition coefficient (Wildman–Crippen LogP) is 3.55. The van der Waals surface area contributed by atoms with Crippen LogP contribution in [-0.2, 0) is 11.3 Å². The second-order valence-electron chi connectivity index (χ2n) is 7.32. The molecule has 0 bridgehead atoms. The van der Waals surface area contributed by atoms with Crippen LogP contribution in [0.15, 0.2) is 42.6 Å². The third kappa shape index (κ3) is 5.94. The maximum atomic E-state index is 12.4. The molecule has 0 spiro atoms. The first-order valence-electron chi connectivity index (χ1n) is 10.1. The minimum atomic E-state index is -0.675. The highest BCUT2D eigenvalue weighted by Gasteiger charge is 2.18. The summed E-state index contributed by atoms with van der Waals surface area (Å²) in [5.74, 6) is 0.336. The lowest BCUT2D eigenvalue weighted by molar-refractivity contribution is -0.122. The Kier molecular flexibility index (Phi) is 7.47. The van der Waals surface area contributed by atoms with Gasteiger partial charge in [-0.05, 0) is 49.6 Å². The van der Waals surface area contributed by atoms with E-state index < -0.39 is 6.04 Å². The molecular formula is C22H27ClN4O2. The lowest BCUT2D eigenvalue weighted by Crippen LogP contribution is -2.44. The largest absolute Gasteiger partial charge is 0.357 e. The number of carbonyl (C=O) groups excluding carboxylic acids is 2. The van der Waals surface area contributed by atoms with Crippen LogP contribution in [0.25, 0.3) is 0 Å². The molecule has 2 aromatic rings. The van der Waals surface area contributed by atoms with E-state index in [2.05, 4.69) is 20.5 Å². The molecule has 6 nitrogen and oxygen atoms in total. The zero-order valence-electron chi connectivity index (χ0n) is 16.7. The minimum Gasteiger partial charge on any atom is -0.357 e. The van der Waals surface area contributed by atoms with Crippen molar-refractivity contribution in [3.8, 4) is 0 Å². The van der Waals surface area contributed by atoms with Crippen LogP contribution in [0.1, 0.15) is 48.5 Å². The topological polar surface area (TPSA) is 74.3 Å². The van der Waals surface area contributed by atoms with E-state index in [0.717, 1.165) is 24.5 Å². The maximum Gasteiger partial charge on any atom is 0.253 e. The molecule has 0 saturated carbocycles. The number of anilines is 1. The molecule has 2 heterocycles. The summed E-state index contributed by atoms with van der Waals surface area (Å²) in [5.41, 5.74) is 1.34. The van der Waals surface area contributed by atoms with Crippen molar-refractivity contribution in [2.75, 3.05) is 18.0 Å². The number of carbonyl (C=O) groups is 2. The summed E-state index contributed by atoms with van der Waals surface area (Å²) < 4.78 is 0. The number of nitrogens with one attached hydrogen (secondary N) is 2. The normalized spacial score (nSPS) is 15.3. The predicted molar refractivity (Wildman–Crippen MR) is 115 cm³/mol. The molecule has 2 amide bonds. The summed E-state index contributed by atoms with van der Waals surface area (Å²) in [6.07, 6.45) is 6.69. The molecule has 7 heteroatoms. The first-order chi connectivity index (χ1) is 14.0. The molecule has 0 radical (unpaired) electrons. The molecule has 154 valence electrons. The number of hydrogen-bond donors (Lipinski definition) is 2. The monoisotopic (exact) mass is 414 g/mol. The van der Waals surface area contributed by atoms with Gasteiger partial charge in [-0.25, -0.2) is 4.98 Å². The smallest absolute Gasteiger partial charge is 0.253 e. The van der Waals surface area contributed by atoms with Crippen LogP contribution in [0.4, 0.5) is 5.82 Å². The van der Waals surface area contributed by atoms with Gasteiger partial charge in [-0.3, -0.25) is 9.59 Å². The molecule has 29 heavy (non-hydrogen) atoms. The Bertz CT molecular complexity index is 850. The Morgan fingerprint density at radius 2 is 1.86 bits per heavy atom. The first kappa shape index (κ1) is 21.1. The molecule has 1 saturated heterocycles. The average molecular weight is 415 g/mol. The molecule has 1 aromatic heterocycles. The number of hydrogen-bond acceptors (Lipinski definition) is 4. The van der Waals surface area contributed by atoms with Gasteiger partial charge >= 0.3 is 0 Å². The van der Waals surface area contributed by atoms with Crippen LogP contribution < -0.4 is 15.5 Å². The van der Waals surface area contributed by atoms with Crippen molar-refractivity contribution in [2.45, 2.75) is 45.2 Å². The highest BCUT2D eigenvalue weighted by molar-refractivity contribution is 6.33. The molecule has 1 atom stereocenters. The molecule has 1 aliphatic rings. The van der Waals surface area contributed by atoms with E-state index in [9.17, 15) is 9.59 Å². The fourth-order valence-corrected chi connectivity index (χ4v) is 3.59. The molecule has 3 rings (SSSR count). The van der Waals surface area contributed by atoms with Crippen molar-refractivity contribution >= 4 is 29.2 Å². The molecule has 1 unspecified atom stereocenters. The average Bonchev–Trinajstić information content (AvgIpc) is 3.02. The number of aromatic nitrogens is 1. The summed E-state index contributed by atoms with van der Waals surface area (Å²) in [6.45, 7) is 4.08. The Morgan fingerprint density at radius 3 is 2.59 bits per heavy atom. The van der Waals surface area contributed by atoms with Crippen molar-refractivity contribution < 1.29 is 9.59 Å². The second-order valence-corrected chi connectivity index (χ2v) is 7.72. The Balaban J connectivity index is 1.54. The van der Waals surface area contributed by atoms with E-state index in [1.54, 1.807) is 37.4 Å². The number of rotatable bonds is 6. The van der Waals surface area contributed by atoms with E-state index in [1.807, 2.05) is 12.1 Å². The van der Waals surface area contributed by atoms with Gasteiger partial charge in [0.15, 0.2) is 0 Å². The van der Waals surface area contributed by atoms with Crippen molar-refractivity contribution in [1.82, 2.24) is 15.6 Å². The van der Waals surface area contributed by atoms with Crippen LogP contribution in [0.5, 0.6) is 0 Å². The summed E-state index contributed by atoms with van der Waals surface area (Å²) in [6, 6.07) is 10.0. The van der Waals surface area contributed by atoms with Gasteiger partial charge in [-0.15, -0.1) is 0 Å². The van der Waals surface area contributed by atoms with Crippen molar-refractivity contribution in [3.63, 3.8) is 0 Å².